The van der Waals surface area contributed by atoms with Crippen molar-refractivity contribution in [3.05, 3.63) is 88.6 Å². The van der Waals surface area contributed by atoms with Gasteiger partial charge < -0.3 is 20.9 Å². The molecule has 2 aromatic carbocycles. The van der Waals surface area contributed by atoms with Crippen molar-refractivity contribution in [2.75, 3.05) is 39.0 Å². The van der Waals surface area contributed by atoms with E-state index in [0.29, 0.717) is 47.1 Å². The lowest BCUT2D eigenvalue weighted by molar-refractivity contribution is 0.244. The first-order valence-corrected chi connectivity index (χ1v) is 14.0. The number of benzene rings is 2. The molecule has 1 aliphatic heterocycles. The Labute approximate surface area is 248 Å². The molecule has 0 atom stereocenters. The maximum Gasteiger partial charge on any atom is 0.127 e. The van der Waals surface area contributed by atoms with Gasteiger partial charge in [-0.25, -0.2) is 4.39 Å². The predicted molar refractivity (Wildman–Crippen MR) is 178 cm³/mol. The Morgan fingerprint density at radius 2 is 1.90 bits per heavy atom. The van der Waals surface area contributed by atoms with Crippen molar-refractivity contribution in [2.24, 2.45) is 20.0 Å². The Morgan fingerprint density at radius 1 is 1.12 bits per heavy atom. The number of hydrogen-bond donors (Lipinski definition) is 3. The highest BCUT2D eigenvalue weighted by atomic mass is 19.1. The van der Waals surface area contributed by atoms with Gasteiger partial charge in [-0.1, -0.05) is 24.3 Å². The molecule has 2 aromatic rings. The molecular weight excluding hydrogens is 527 g/mol. The quantitative estimate of drug-likeness (QED) is 0.195. The van der Waals surface area contributed by atoms with Crippen LogP contribution in [-0.4, -0.2) is 76.8 Å². The third kappa shape index (κ3) is 9.55. The van der Waals surface area contributed by atoms with Crippen LogP contribution in [0.5, 0.6) is 0 Å². The summed E-state index contributed by atoms with van der Waals surface area (Å²) >= 11 is 0. The number of rotatable bonds is 14. The average Bonchev–Trinajstić information content (AvgIpc) is 3.01. The molecule has 0 bridgehead atoms. The average molecular weight is 569 g/mol. The van der Waals surface area contributed by atoms with Gasteiger partial charge in [0.15, 0.2) is 0 Å². The lowest BCUT2D eigenvalue weighted by Gasteiger charge is -2.29. The number of piperidine rings is 1. The second kappa shape index (κ2) is 16.7. The first-order chi connectivity index (χ1) is 20.4. The summed E-state index contributed by atoms with van der Waals surface area (Å²) in [6, 6.07) is 13.2. The third-order valence-corrected chi connectivity index (χ3v) is 7.06. The van der Waals surface area contributed by atoms with Crippen LogP contribution in [0.1, 0.15) is 36.5 Å². The normalized spacial score (nSPS) is 16.0. The molecule has 1 saturated heterocycles. The van der Waals surface area contributed by atoms with Crippen molar-refractivity contribution in [3.63, 3.8) is 0 Å². The van der Waals surface area contributed by atoms with E-state index < -0.39 is 0 Å². The van der Waals surface area contributed by atoms with Gasteiger partial charge >= 0.3 is 0 Å². The van der Waals surface area contributed by atoms with Crippen LogP contribution in [-0.2, 0) is 6.42 Å². The Kier molecular flexibility index (Phi) is 12.7. The molecule has 3 rings (SSSR count). The molecule has 0 saturated carbocycles. The number of halogens is 1. The van der Waals surface area contributed by atoms with E-state index in [0.717, 1.165) is 42.9 Å². The molecule has 0 aliphatic carbocycles. The summed E-state index contributed by atoms with van der Waals surface area (Å²) in [4.78, 5) is 19.4. The van der Waals surface area contributed by atoms with Crippen molar-refractivity contribution in [1.82, 2.24) is 10.2 Å². The summed E-state index contributed by atoms with van der Waals surface area (Å²) in [6.07, 6.45) is 10.5. The second-order valence-corrected chi connectivity index (χ2v) is 10.0. The van der Waals surface area contributed by atoms with Gasteiger partial charge in [-0.3, -0.25) is 20.0 Å². The Bertz CT molecular complexity index is 1390. The van der Waals surface area contributed by atoms with E-state index in [4.69, 9.17) is 5.41 Å². The van der Waals surface area contributed by atoms with E-state index in [-0.39, 0.29) is 5.82 Å². The summed E-state index contributed by atoms with van der Waals surface area (Å²) in [5.74, 6) is -0.341. The molecule has 0 amide bonds. The summed E-state index contributed by atoms with van der Waals surface area (Å²) in [7, 11) is 3.96. The van der Waals surface area contributed by atoms with E-state index in [1.165, 1.54) is 12.3 Å². The minimum atomic E-state index is -0.341. The summed E-state index contributed by atoms with van der Waals surface area (Å²) in [5.41, 5.74) is 5.23. The number of nitrogens with zero attached hydrogens (tertiary/aromatic N) is 5. The highest BCUT2D eigenvalue weighted by Gasteiger charge is 2.16. The standard InChI is InChI=1S/C33H41FN8/c1-24(36-2)11-15-39-16-12-25-9-10-26(20-32(25)34)31(33(38-4)27-7-6-8-29(19-27)37-3)23-41-30(21-35)22-40-28-13-17-42(5)18-14-28/h6-11,15,19-23,28,35,37,40H,2,4,12-14,16-18H2,1,3,5H3/b24-11-,30-22+,33-31+,35-21?,39-15-,41-23-. The largest absolute Gasteiger partial charge is 0.388 e. The van der Waals surface area contributed by atoms with E-state index in [1.807, 2.05) is 44.3 Å². The van der Waals surface area contributed by atoms with Gasteiger partial charge in [-0.05, 0) is 95.2 Å². The maximum absolute atomic E-state index is 15.3. The van der Waals surface area contributed by atoms with E-state index in [9.17, 15) is 0 Å². The minimum absolute atomic E-state index is 0.334. The molecule has 1 fully saturated rings. The molecule has 3 N–H and O–H groups in total. The molecule has 0 aromatic heterocycles. The van der Waals surface area contributed by atoms with Crippen molar-refractivity contribution >= 4 is 49.0 Å². The van der Waals surface area contributed by atoms with Crippen LogP contribution in [0, 0.1) is 11.2 Å². The molecule has 220 valence electrons. The smallest absolute Gasteiger partial charge is 0.127 e. The molecule has 8 nitrogen and oxygen atoms in total. The third-order valence-electron chi connectivity index (χ3n) is 7.06. The molecule has 42 heavy (non-hydrogen) atoms. The zero-order valence-corrected chi connectivity index (χ0v) is 24.8. The molecule has 0 spiro atoms. The van der Waals surface area contributed by atoms with Gasteiger partial charge in [0, 0.05) is 67.0 Å². The van der Waals surface area contributed by atoms with Crippen LogP contribution < -0.4 is 10.6 Å². The van der Waals surface area contributed by atoms with Crippen LogP contribution in [0.25, 0.3) is 11.3 Å². The van der Waals surface area contributed by atoms with E-state index >= 15 is 4.39 Å². The highest BCUT2D eigenvalue weighted by Crippen LogP contribution is 2.29. The van der Waals surface area contributed by atoms with Gasteiger partial charge in [0.25, 0.3) is 0 Å². The molecule has 1 aliphatic rings. The number of hydrogen-bond acceptors (Lipinski definition) is 8. The van der Waals surface area contributed by atoms with Gasteiger partial charge in [-0.2, -0.15) is 0 Å². The summed E-state index contributed by atoms with van der Waals surface area (Å²) < 4.78 is 15.3. The van der Waals surface area contributed by atoms with Gasteiger partial charge in [-0.15, -0.1) is 0 Å². The molecule has 1 heterocycles. The SMILES string of the molecule is C=N/C(C)=C\C=N/CCc1ccc(C(/C=N\C(C=N)=C\NC2CCN(C)CC2)=C(/N=C)c2cccc(NC)c2)cc1F. The molecule has 9 heteroatoms. The van der Waals surface area contributed by atoms with E-state index in [2.05, 4.69) is 56.0 Å². The van der Waals surface area contributed by atoms with Crippen molar-refractivity contribution in [1.29, 1.82) is 5.41 Å². The van der Waals surface area contributed by atoms with Gasteiger partial charge in [0.1, 0.15) is 5.82 Å². The summed E-state index contributed by atoms with van der Waals surface area (Å²) in [5, 5.41) is 14.5. The Morgan fingerprint density at radius 3 is 2.57 bits per heavy atom. The van der Waals surface area contributed by atoms with Crippen molar-refractivity contribution in [2.45, 2.75) is 32.2 Å². The Balaban J connectivity index is 1.94. The lowest BCUT2D eigenvalue weighted by Crippen LogP contribution is -2.38. The number of anilines is 1. The monoisotopic (exact) mass is 568 g/mol. The fourth-order valence-electron chi connectivity index (χ4n) is 4.45. The summed E-state index contributed by atoms with van der Waals surface area (Å²) in [6.45, 7) is 11.6. The number of aliphatic imine (C=N–C) groups is 4. The lowest BCUT2D eigenvalue weighted by atomic mass is 9.98. The zero-order chi connectivity index (χ0) is 30.3. The van der Waals surface area contributed by atoms with Gasteiger partial charge in [0.2, 0.25) is 0 Å². The van der Waals surface area contributed by atoms with E-state index in [1.54, 1.807) is 30.8 Å². The topological polar surface area (TPSA) is 101 Å². The van der Waals surface area contributed by atoms with Crippen molar-refractivity contribution < 1.29 is 4.39 Å². The fraction of sp³-hybridized carbons (Fsp3) is 0.303. The zero-order valence-electron chi connectivity index (χ0n) is 24.8. The molecule has 0 unspecified atom stereocenters. The van der Waals surface area contributed by atoms with Crippen LogP contribution >= 0.6 is 0 Å². The second-order valence-electron chi connectivity index (χ2n) is 10.0. The highest BCUT2D eigenvalue weighted by molar-refractivity contribution is 6.20. The Hall–Kier alpha value is -4.50. The van der Waals surface area contributed by atoms with Crippen LogP contribution in [0.4, 0.5) is 10.1 Å². The first kappa shape index (κ1) is 32.0. The number of nitrogens with one attached hydrogen (secondary N) is 3. The van der Waals surface area contributed by atoms with Gasteiger partial charge in [0.05, 0.1) is 11.4 Å². The van der Waals surface area contributed by atoms with Crippen molar-refractivity contribution in [3.8, 4) is 0 Å². The number of likely N-dealkylation sites (tertiary alicyclic amines) is 1. The minimum Gasteiger partial charge on any atom is -0.388 e. The molecular formula is C33H41FN8. The first-order valence-electron chi connectivity index (χ1n) is 14.0. The number of allylic oxidation sites excluding steroid dienone is 4. The predicted octanol–water partition coefficient (Wildman–Crippen LogP) is 5.90. The molecule has 0 radical (unpaired) electrons. The fourth-order valence-corrected chi connectivity index (χ4v) is 4.45. The van der Waals surface area contributed by atoms with Crippen LogP contribution in [0.3, 0.4) is 0 Å². The maximum atomic E-state index is 15.3. The van der Waals surface area contributed by atoms with Crippen LogP contribution in [0.15, 0.2) is 86.1 Å². The van der Waals surface area contributed by atoms with Crippen LogP contribution in [0.2, 0.25) is 0 Å².